The molecule has 3 atom stereocenters. The first-order valence-electron chi connectivity index (χ1n) is 3.99. The SMILES string of the molecule is Cl.NC1C2Oc3ccc(Br)cc3C12. The molecule has 3 unspecified atom stereocenters. The van der Waals surface area contributed by atoms with Gasteiger partial charge in [-0.2, -0.15) is 0 Å². The zero-order valence-corrected chi connectivity index (χ0v) is 9.14. The predicted molar refractivity (Wildman–Crippen MR) is 56.5 cm³/mol. The number of fused-ring (bicyclic) bond motifs is 3. The maximum atomic E-state index is 5.80. The third-order valence-electron chi connectivity index (χ3n) is 2.60. The summed E-state index contributed by atoms with van der Waals surface area (Å²) in [5, 5.41) is 0. The minimum Gasteiger partial charge on any atom is -0.488 e. The van der Waals surface area contributed by atoms with E-state index in [4.69, 9.17) is 10.5 Å². The molecule has 0 amide bonds. The fraction of sp³-hybridized carbons (Fsp3) is 0.333. The highest BCUT2D eigenvalue weighted by molar-refractivity contribution is 9.10. The number of benzene rings is 1. The minimum atomic E-state index is 0. The highest BCUT2D eigenvalue weighted by Gasteiger charge is 2.56. The predicted octanol–water partition coefficient (Wildman–Crippen LogP) is 2.06. The van der Waals surface area contributed by atoms with E-state index in [1.807, 2.05) is 12.1 Å². The topological polar surface area (TPSA) is 35.2 Å². The van der Waals surface area contributed by atoms with Crippen LogP contribution in [0.4, 0.5) is 0 Å². The molecule has 1 aromatic rings. The van der Waals surface area contributed by atoms with Crippen LogP contribution in [0.15, 0.2) is 22.7 Å². The Hall–Kier alpha value is -0.250. The fourth-order valence-corrected chi connectivity index (χ4v) is 2.25. The van der Waals surface area contributed by atoms with E-state index in [2.05, 4.69) is 22.0 Å². The number of hydrogen-bond acceptors (Lipinski definition) is 2. The number of halogens is 2. The molecule has 2 nitrogen and oxygen atoms in total. The molecule has 0 aromatic heterocycles. The van der Waals surface area contributed by atoms with E-state index in [1.165, 1.54) is 5.56 Å². The van der Waals surface area contributed by atoms with Crippen LogP contribution >= 0.6 is 28.3 Å². The first-order chi connectivity index (χ1) is 5.77. The molecule has 0 bridgehead atoms. The third-order valence-corrected chi connectivity index (χ3v) is 3.09. The lowest BCUT2D eigenvalue weighted by atomic mass is 10.1. The van der Waals surface area contributed by atoms with E-state index in [0.29, 0.717) is 5.92 Å². The Kier molecular flexibility index (Phi) is 2.06. The normalized spacial score (nSPS) is 32.6. The van der Waals surface area contributed by atoms with E-state index >= 15 is 0 Å². The van der Waals surface area contributed by atoms with Crippen LogP contribution < -0.4 is 10.5 Å². The number of rotatable bonds is 0. The van der Waals surface area contributed by atoms with Crippen molar-refractivity contribution in [1.29, 1.82) is 0 Å². The first kappa shape index (κ1) is 9.31. The summed E-state index contributed by atoms with van der Waals surface area (Å²) in [6.07, 6.45) is 0.259. The van der Waals surface area contributed by atoms with Crippen molar-refractivity contribution in [1.82, 2.24) is 0 Å². The quantitative estimate of drug-likeness (QED) is 0.777. The molecule has 3 rings (SSSR count). The summed E-state index contributed by atoms with van der Waals surface area (Å²) in [5.41, 5.74) is 7.06. The lowest BCUT2D eigenvalue weighted by Crippen LogP contribution is -2.12. The summed E-state index contributed by atoms with van der Waals surface area (Å²) in [4.78, 5) is 0. The first-order valence-corrected chi connectivity index (χ1v) is 4.78. The van der Waals surface area contributed by atoms with Crippen LogP contribution in [-0.2, 0) is 0 Å². The maximum Gasteiger partial charge on any atom is 0.123 e. The monoisotopic (exact) mass is 261 g/mol. The lowest BCUT2D eigenvalue weighted by molar-refractivity contribution is 0.310. The minimum absolute atomic E-state index is 0. The molecule has 1 fully saturated rings. The van der Waals surface area contributed by atoms with E-state index in [1.54, 1.807) is 0 Å². The molecule has 2 N–H and O–H groups in total. The molecule has 1 aliphatic carbocycles. The summed E-state index contributed by atoms with van der Waals surface area (Å²) in [6, 6.07) is 6.33. The highest BCUT2D eigenvalue weighted by Crippen LogP contribution is 2.52. The van der Waals surface area contributed by atoms with Crippen LogP contribution in [0.25, 0.3) is 0 Å². The van der Waals surface area contributed by atoms with Gasteiger partial charge in [0.05, 0.1) is 6.04 Å². The van der Waals surface area contributed by atoms with Gasteiger partial charge >= 0.3 is 0 Å². The van der Waals surface area contributed by atoms with Gasteiger partial charge in [-0.1, -0.05) is 15.9 Å². The van der Waals surface area contributed by atoms with Crippen LogP contribution in [0.5, 0.6) is 5.75 Å². The molecule has 0 saturated heterocycles. The second kappa shape index (κ2) is 2.87. The van der Waals surface area contributed by atoms with Crippen molar-refractivity contribution in [3.63, 3.8) is 0 Å². The fourth-order valence-electron chi connectivity index (χ4n) is 1.88. The van der Waals surface area contributed by atoms with Crippen molar-refractivity contribution in [3.8, 4) is 5.75 Å². The number of hydrogen-bond donors (Lipinski definition) is 1. The van der Waals surface area contributed by atoms with Crippen LogP contribution in [0.3, 0.4) is 0 Å². The van der Waals surface area contributed by atoms with E-state index < -0.39 is 0 Å². The Labute approximate surface area is 91.0 Å². The van der Waals surface area contributed by atoms with Gasteiger partial charge in [0, 0.05) is 16.0 Å². The largest absolute Gasteiger partial charge is 0.488 e. The molecule has 1 heterocycles. The highest BCUT2D eigenvalue weighted by atomic mass is 79.9. The van der Waals surface area contributed by atoms with Crippen LogP contribution in [-0.4, -0.2) is 12.1 Å². The Morgan fingerprint density at radius 3 is 2.92 bits per heavy atom. The number of nitrogens with two attached hydrogens (primary N) is 1. The van der Waals surface area contributed by atoms with Crippen molar-refractivity contribution in [3.05, 3.63) is 28.2 Å². The summed E-state index contributed by atoms with van der Waals surface area (Å²) in [5.74, 6) is 1.47. The third kappa shape index (κ3) is 1.18. The Balaban J connectivity index is 0.000000653. The summed E-state index contributed by atoms with van der Waals surface area (Å²) in [6.45, 7) is 0. The van der Waals surface area contributed by atoms with E-state index in [0.717, 1.165) is 10.2 Å². The Morgan fingerprint density at radius 2 is 2.15 bits per heavy atom. The molecular formula is C9H9BrClNO. The van der Waals surface area contributed by atoms with Gasteiger partial charge in [-0.05, 0) is 18.2 Å². The van der Waals surface area contributed by atoms with E-state index in [9.17, 15) is 0 Å². The second-order valence-corrected chi connectivity index (χ2v) is 4.28. The van der Waals surface area contributed by atoms with Crippen molar-refractivity contribution >= 4 is 28.3 Å². The molecule has 1 aliphatic heterocycles. The average molecular weight is 263 g/mol. The summed E-state index contributed by atoms with van der Waals surface area (Å²) in [7, 11) is 0. The van der Waals surface area contributed by atoms with Gasteiger partial charge in [-0.3, -0.25) is 0 Å². The molecular weight excluding hydrogens is 253 g/mol. The van der Waals surface area contributed by atoms with Crippen LogP contribution in [0.1, 0.15) is 11.5 Å². The maximum absolute atomic E-state index is 5.80. The second-order valence-electron chi connectivity index (χ2n) is 3.37. The summed E-state index contributed by atoms with van der Waals surface area (Å²) < 4.78 is 6.70. The van der Waals surface area contributed by atoms with Crippen LogP contribution in [0.2, 0.25) is 0 Å². The molecule has 0 radical (unpaired) electrons. The molecule has 1 aromatic carbocycles. The zero-order valence-electron chi connectivity index (χ0n) is 6.74. The van der Waals surface area contributed by atoms with Gasteiger partial charge in [0.25, 0.3) is 0 Å². The van der Waals surface area contributed by atoms with Gasteiger partial charge in [0.1, 0.15) is 11.9 Å². The zero-order chi connectivity index (χ0) is 8.29. The van der Waals surface area contributed by atoms with Gasteiger partial charge in [0.15, 0.2) is 0 Å². The van der Waals surface area contributed by atoms with Crippen molar-refractivity contribution in [2.24, 2.45) is 5.73 Å². The van der Waals surface area contributed by atoms with Gasteiger partial charge in [-0.25, -0.2) is 0 Å². The molecule has 1 saturated carbocycles. The molecule has 13 heavy (non-hydrogen) atoms. The number of ether oxygens (including phenoxy) is 1. The van der Waals surface area contributed by atoms with Crippen molar-refractivity contribution in [2.45, 2.75) is 18.1 Å². The molecule has 70 valence electrons. The Bertz CT molecular complexity index is 357. The van der Waals surface area contributed by atoms with Crippen molar-refractivity contribution < 1.29 is 4.74 Å². The van der Waals surface area contributed by atoms with Gasteiger partial charge in [0.2, 0.25) is 0 Å². The van der Waals surface area contributed by atoms with Crippen molar-refractivity contribution in [2.75, 3.05) is 0 Å². The lowest BCUT2D eigenvalue weighted by Gasteiger charge is -2.04. The molecule has 2 aliphatic rings. The Morgan fingerprint density at radius 1 is 1.38 bits per heavy atom. The average Bonchev–Trinajstić information content (AvgIpc) is 2.55. The standard InChI is InChI=1S/C9H8BrNO.ClH/c10-4-1-2-6-5(3-4)7-8(11)9(7)12-6;/h1-3,7-9H,11H2;1H. The van der Waals surface area contributed by atoms with Gasteiger partial charge in [-0.15, -0.1) is 12.4 Å². The van der Waals surface area contributed by atoms with Crippen LogP contribution in [0, 0.1) is 0 Å². The molecule has 0 spiro atoms. The van der Waals surface area contributed by atoms with E-state index in [-0.39, 0.29) is 24.6 Å². The molecule has 4 heteroatoms. The summed E-state index contributed by atoms with van der Waals surface area (Å²) >= 11 is 3.43. The van der Waals surface area contributed by atoms with Gasteiger partial charge < -0.3 is 10.5 Å². The smallest absolute Gasteiger partial charge is 0.123 e.